The zero-order valence-electron chi connectivity index (χ0n) is 20.0. The molecule has 0 bridgehead atoms. The van der Waals surface area contributed by atoms with Crippen molar-refractivity contribution in [2.75, 3.05) is 11.1 Å². The summed E-state index contributed by atoms with van der Waals surface area (Å²) in [4.78, 5) is 21.8. The number of aromatic amines is 1. The molecule has 188 valence electrons. The van der Waals surface area contributed by atoms with E-state index >= 15 is 0 Å². The number of rotatable bonds is 6. The number of benzene rings is 2. The van der Waals surface area contributed by atoms with Gasteiger partial charge in [-0.05, 0) is 62.7 Å². The van der Waals surface area contributed by atoms with Crippen LogP contribution in [0.2, 0.25) is 0 Å². The van der Waals surface area contributed by atoms with E-state index in [2.05, 4.69) is 15.3 Å². The summed E-state index contributed by atoms with van der Waals surface area (Å²) in [7, 11) is -4.14. The Balaban J connectivity index is 1.76. The summed E-state index contributed by atoms with van der Waals surface area (Å²) in [5, 5.41) is 3.09. The van der Waals surface area contributed by atoms with Crippen LogP contribution in [-0.4, -0.2) is 35.6 Å². The Morgan fingerprint density at radius 2 is 2.03 bits per heavy atom. The lowest BCUT2D eigenvalue weighted by Crippen LogP contribution is -2.55. The normalized spacial score (nSPS) is 18.7. The number of anilines is 1. The van der Waals surface area contributed by atoms with E-state index in [4.69, 9.17) is 4.74 Å². The van der Waals surface area contributed by atoms with Gasteiger partial charge in [-0.2, -0.15) is 0 Å². The number of para-hydroxylation sites is 1. The first-order chi connectivity index (χ1) is 17.1. The van der Waals surface area contributed by atoms with E-state index in [1.165, 1.54) is 36.5 Å². The third kappa shape index (κ3) is 3.88. The van der Waals surface area contributed by atoms with Crippen molar-refractivity contribution in [1.29, 1.82) is 0 Å². The molecule has 0 spiro atoms. The fraction of sp³-hybridized carbons (Fsp3) is 0.308. The summed E-state index contributed by atoms with van der Waals surface area (Å²) in [5.41, 5.74) is 0.426. The second-order valence-corrected chi connectivity index (χ2v) is 12.9. The van der Waals surface area contributed by atoms with Gasteiger partial charge in [0.2, 0.25) is 0 Å². The van der Waals surface area contributed by atoms with E-state index < -0.39 is 37.8 Å². The third-order valence-corrected chi connectivity index (χ3v) is 10.0. The van der Waals surface area contributed by atoms with E-state index in [0.29, 0.717) is 16.8 Å². The highest BCUT2D eigenvalue weighted by Crippen LogP contribution is 2.53. The number of hydrogen-bond donors (Lipinski definition) is 2. The van der Waals surface area contributed by atoms with Crippen LogP contribution in [0.25, 0.3) is 10.2 Å². The summed E-state index contributed by atoms with van der Waals surface area (Å²) < 4.78 is 47.6. The molecule has 0 saturated heterocycles. The van der Waals surface area contributed by atoms with Gasteiger partial charge in [0.05, 0.1) is 10.2 Å². The molecule has 1 amide bonds. The summed E-state index contributed by atoms with van der Waals surface area (Å²) in [6.45, 7) is 5.17. The van der Waals surface area contributed by atoms with E-state index in [1.54, 1.807) is 18.3 Å². The van der Waals surface area contributed by atoms with Crippen molar-refractivity contribution in [1.82, 2.24) is 9.97 Å². The van der Waals surface area contributed by atoms with Crippen molar-refractivity contribution >= 4 is 42.4 Å². The number of halogens is 1. The Hall–Kier alpha value is -3.24. The first-order valence-corrected chi connectivity index (χ1v) is 14.1. The summed E-state index contributed by atoms with van der Waals surface area (Å²) >= 11 is 1.26. The molecular weight excluding hydrogens is 501 g/mol. The number of sulfone groups is 1. The molecule has 7 nitrogen and oxygen atoms in total. The van der Waals surface area contributed by atoms with Gasteiger partial charge in [0.15, 0.2) is 19.7 Å². The highest BCUT2D eigenvalue weighted by atomic mass is 32.2. The van der Waals surface area contributed by atoms with Gasteiger partial charge < -0.3 is 15.0 Å². The maximum Gasteiger partial charge on any atom is 0.254 e. The van der Waals surface area contributed by atoms with Gasteiger partial charge in [-0.1, -0.05) is 30.4 Å². The molecule has 2 atom stereocenters. The Morgan fingerprint density at radius 1 is 1.25 bits per heavy atom. The summed E-state index contributed by atoms with van der Waals surface area (Å²) in [5.74, 6) is -2.17. The second-order valence-electron chi connectivity index (χ2n) is 9.46. The highest BCUT2D eigenvalue weighted by molar-refractivity contribution is 7.93. The number of nitrogens with one attached hydrogen (secondary N) is 2. The Kier molecular flexibility index (Phi) is 5.91. The predicted octanol–water partition coefficient (Wildman–Crippen LogP) is 5.38. The fourth-order valence-corrected chi connectivity index (χ4v) is 7.84. The van der Waals surface area contributed by atoms with Gasteiger partial charge in [0, 0.05) is 29.1 Å². The molecule has 1 aliphatic rings. The van der Waals surface area contributed by atoms with E-state index in [0.717, 1.165) is 4.70 Å². The average Bonchev–Trinajstić information content (AvgIpc) is 3.49. The van der Waals surface area contributed by atoms with Crippen LogP contribution in [0.15, 0.2) is 60.8 Å². The van der Waals surface area contributed by atoms with Crippen LogP contribution in [0.5, 0.6) is 5.75 Å². The van der Waals surface area contributed by atoms with Crippen LogP contribution >= 0.6 is 11.3 Å². The van der Waals surface area contributed by atoms with Crippen molar-refractivity contribution in [2.24, 2.45) is 0 Å². The van der Waals surface area contributed by atoms with Crippen LogP contribution in [0, 0.1) is 5.82 Å². The number of hydrogen-bond acceptors (Lipinski definition) is 6. The molecule has 10 heteroatoms. The molecule has 0 aliphatic carbocycles. The largest absolute Gasteiger partial charge is 0.488 e. The number of nitrogens with zero attached hydrogens (tertiary/aromatic N) is 1. The monoisotopic (exact) mass is 527 g/mol. The SMILES string of the molecule is CCS(=O)(=O)C(C(=O)Nc1nc2ccccc2s1)(c1ccc[nH]1)C1CC(C)(C)Oc2ccc(F)cc21. The fourth-order valence-electron chi connectivity index (χ4n) is 5.09. The summed E-state index contributed by atoms with van der Waals surface area (Å²) in [6, 6.07) is 14.7. The maximum atomic E-state index is 14.5. The molecule has 2 aromatic carbocycles. The number of amides is 1. The minimum absolute atomic E-state index is 0.162. The van der Waals surface area contributed by atoms with Gasteiger partial charge in [-0.15, -0.1) is 0 Å². The molecule has 2 N–H and O–H groups in total. The number of ether oxygens (including phenoxy) is 1. The average molecular weight is 528 g/mol. The highest BCUT2D eigenvalue weighted by Gasteiger charge is 2.61. The molecule has 0 saturated carbocycles. The Morgan fingerprint density at radius 3 is 2.72 bits per heavy atom. The maximum absolute atomic E-state index is 14.5. The third-order valence-electron chi connectivity index (χ3n) is 6.64. The van der Waals surface area contributed by atoms with Gasteiger partial charge in [-0.3, -0.25) is 4.79 Å². The van der Waals surface area contributed by atoms with Crippen LogP contribution in [-0.2, 0) is 19.4 Å². The minimum Gasteiger partial charge on any atom is -0.488 e. The van der Waals surface area contributed by atoms with Crippen LogP contribution < -0.4 is 10.1 Å². The molecule has 5 rings (SSSR count). The molecule has 1 aliphatic heterocycles. The topological polar surface area (TPSA) is 101 Å². The molecule has 4 aromatic rings. The smallest absolute Gasteiger partial charge is 0.254 e. The zero-order chi connectivity index (χ0) is 25.7. The first-order valence-electron chi connectivity index (χ1n) is 11.6. The number of carbonyl (C=O) groups excluding carboxylic acids is 1. The number of thiazole rings is 1. The lowest BCUT2D eigenvalue weighted by Gasteiger charge is -2.45. The molecule has 0 fully saturated rings. The molecule has 2 aromatic heterocycles. The van der Waals surface area contributed by atoms with Crippen molar-refractivity contribution in [3.63, 3.8) is 0 Å². The summed E-state index contributed by atoms with van der Waals surface area (Å²) in [6.07, 6.45) is 1.74. The van der Waals surface area contributed by atoms with Gasteiger partial charge >= 0.3 is 0 Å². The van der Waals surface area contributed by atoms with Crippen LogP contribution in [0.1, 0.15) is 44.4 Å². The van der Waals surface area contributed by atoms with Crippen molar-refractivity contribution in [3.05, 3.63) is 77.9 Å². The molecular formula is C26H26FN3O4S2. The Bertz CT molecular complexity index is 1510. The van der Waals surface area contributed by atoms with E-state index in [-0.39, 0.29) is 23.0 Å². The van der Waals surface area contributed by atoms with Gasteiger partial charge in [-0.25, -0.2) is 17.8 Å². The van der Waals surface area contributed by atoms with Crippen LogP contribution in [0.4, 0.5) is 9.52 Å². The van der Waals surface area contributed by atoms with Crippen molar-refractivity contribution in [2.45, 2.75) is 43.5 Å². The zero-order valence-corrected chi connectivity index (χ0v) is 21.7. The number of fused-ring (bicyclic) bond motifs is 2. The second kappa shape index (κ2) is 8.70. The lowest BCUT2D eigenvalue weighted by molar-refractivity contribution is -0.120. The minimum atomic E-state index is -4.14. The van der Waals surface area contributed by atoms with Gasteiger partial charge in [0.25, 0.3) is 5.91 Å². The molecule has 3 heterocycles. The van der Waals surface area contributed by atoms with Crippen molar-refractivity contribution in [3.8, 4) is 5.75 Å². The predicted molar refractivity (Wildman–Crippen MR) is 139 cm³/mol. The van der Waals surface area contributed by atoms with E-state index in [1.807, 2.05) is 38.1 Å². The number of carbonyl (C=O) groups is 1. The standard InChI is InChI=1S/C26H26FN3O4S2/c1-4-36(32,33)26(22-10-7-13-28-22,23(31)30-24-29-19-8-5-6-9-21(19)35-24)18-15-25(2,3)34-20-12-11-16(27)14-17(18)20/h5-14,18,28H,4,15H2,1-3H3,(H,29,30,31). The number of H-pyrrole nitrogens is 1. The quantitative estimate of drug-likeness (QED) is 0.351. The van der Waals surface area contributed by atoms with Gasteiger partial charge in [0.1, 0.15) is 17.2 Å². The van der Waals surface area contributed by atoms with Crippen molar-refractivity contribution < 1.29 is 22.3 Å². The lowest BCUT2D eigenvalue weighted by atomic mass is 9.74. The molecule has 2 unspecified atom stereocenters. The number of aromatic nitrogens is 2. The van der Waals surface area contributed by atoms with Crippen LogP contribution in [0.3, 0.4) is 0 Å². The molecule has 0 radical (unpaired) electrons. The Labute approximate surface area is 212 Å². The van der Waals surface area contributed by atoms with E-state index in [9.17, 15) is 17.6 Å². The first kappa shape index (κ1) is 24.5. The molecule has 36 heavy (non-hydrogen) atoms.